The molecular weight excluding hydrogens is 372 g/mol. The molecule has 2 heterocycles. The van der Waals surface area contributed by atoms with Crippen molar-refractivity contribution in [2.45, 2.75) is 32.3 Å². The lowest BCUT2D eigenvalue weighted by atomic mass is 10.0. The molecule has 1 saturated heterocycles. The van der Waals surface area contributed by atoms with Crippen LogP contribution in [0, 0.1) is 6.92 Å². The number of likely N-dealkylation sites (tertiary alicyclic amines) is 1. The van der Waals surface area contributed by atoms with Crippen molar-refractivity contribution in [3.8, 4) is 10.9 Å². The van der Waals surface area contributed by atoms with E-state index in [0.29, 0.717) is 6.42 Å². The zero-order chi connectivity index (χ0) is 19.5. The number of benzene rings is 2. The Kier molecular flexibility index (Phi) is 5.48. The second-order valence-electron chi connectivity index (χ2n) is 7.13. The summed E-state index contributed by atoms with van der Waals surface area (Å²) in [5, 5.41) is 0.722. The third kappa shape index (κ3) is 4.12. The number of carbonyl (C=O) groups is 1. The SMILES string of the molecule is COc1ccc(CC(=O)N2CCC(Oc3nc4ccccc4s3)CC2)cc1C. The Hall–Kier alpha value is -2.60. The highest BCUT2D eigenvalue weighted by Crippen LogP contribution is 2.29. The molecule has 0 saturated carbocycles. The van der Waals surface area contributed by atoms with E-state index in [-0.39, 0.29) is 12.0 Å². The molecule has 4 rings (SSSR count). The number of fused-ring (bicyclic) bond motifs is 1. The Morgan fingerprint density at radius 3 is 2.71 bits per heavy atom. The van der Waals surface area contributed by atoms with Gasteiger partial charge in [0.15, 0.2) is 0 Å². The molecule has 1 fully saturated rings. The minimum absolute atomic E-state index is 0.118. The number of thiazole rings is 1. The van der Waals surface area contributed by atoms with Crippen LogP contribution in [0.15, 0.2) is 42.5 Å². The van der Waals surface area contributed by atoms with Gasteiger partial charge in [0.05, 0.1) is 23.7 Å². The molecule has 1 aliphatic rings. The van der Waals surface area contributed by atoms with Gasteiger partial charge in [-0.15, -0.1) is 0 Å². The van der Waals surface area contributed by atoms with Gasteiger partial charge < -0.3 is 14.4 Å². The molecule has 0 spiro atoms. The van der Waals surface area contributed by atoms with Gasteiger partial charge in [-0.25, -0.2) is 4.98 Å². The van der Waals surface area contributed by atoms with Crippen LogP contribution in [-0.2, 0) is 11.2 Å². The number of hydrogen-bond acceptors (Lipinski definition) is 5. The maximum Gasteiger partial charge on any atom is 0.274 e. The fourth-order valence-electron chi connectivity index (χ4n) is 3.60. The number of para-hydroxylation sites is 1. The molecule has 6 heteroatoms. The van der Waals surface area contributed by atoms with Crippen molar-refractivity contribution in [1.29, 1.82) is 0 Å². The molecule has 1 amide bonds. The van der Waals surface area contributed by atoms with Crippen molar-refractivity contribution in [3.05, 3.63) is 53.6 Å². The van der Waals surface area contributed by atoms with E-state index in [1.807, 2.05) is 48.2 Å². The molecular formula is C22H24N2O3S. The summed E-state index contributed by atoms with van der Waals surface area (Å²) in [5.41, 5.74) is 3.05. The number of rotatable bonds is 5. The Labute approximate surface area is 168 Å². The quantitative estimate of drug-likeness (QED) is 0.648. The molecule has 1 aliphatic heterocycles. The molecule has 2 aromatic carbocycles. The summed E-state index contributed by atoms with van der Waals surface area (Å²) in [5.74, 6) is 1.02. The lowest BCUT2D eigenvalue weighted by Crippen LogP contribution is -2.42. The number of nitrogens with zero attached hydrogens (tertiary/aromatic N) is 2. The van der Waals surface area contributed by atoms with Gasteiger partial charge in [-0.3, -0.25) is 4.79 Å². The van der Waals surface area contributed by atoms with Crippen LogP contribution in [0.25, 0.3) is 10.2 Å². The number of piperidine rings is 1. The van der Waals surface area contributed by atoms with Crippen LogP contribution in [0.5, 0.6) is 10.9 Å². The van der Waals surface area contributed by atoms with E-state index < -0.39 is 0 Å². The number of carbonyl (C=O) groups excluding carboxylic acids is 1. The van der Waals surface area contributed by atoms with Crippen molar-refractivity contribution < 1.29 is 14.3 Å². The topological polar surface area (TPSA) is 51.7 Å². The predicted octanol–water partition coefficient (Wildman–Crippen LogP) is 4.23. The normalized spacial score (nSPS) is 15.0. The van der Waals surface area contributed by atoms with Gasteiger partial charge in [0.25, 0.3) is 5.19 Å². The molecule has 0 aliphatic carbocycles. The summed E-state index contributed by atoms with van der Waals surface area (Å²) < 4.78 is 12.5. The molecule has 1 aromatic heterocycles. The molecule has 3 aromatic rings. The third-order valence-electron chi connectivity index (χ3n) is 5.15. The highest BCUT2D eigenvalue weighted by molar-refractivity contribution is 7.20. The van der Waals surface area contributed by atoms with Gasteiger partial charge in [0, 0.05) is 25.9 Å². The number of aryl methyl sites for hydroxylation is 1. The average molecular weight is 397 g/mol. The minimum atomic E-state index is 0.118. The Balaban J connectivity index is 1.30. The van der Waals surface area contributed by atoms with Crippen molar-refractivity contribution in [2.24, 2.45) is 0 Å². The van der Waals surface area contributed by atoms with Crippen molar-refractivity contribution >= 4 is 27.5 Å². The van der Waals surface area contributed by atoms with Gasteiger partial charge in [0.1, 0.15) is 11.9 Å². The summed E-state index contributed by atoms with van der Waals surface area (Å²) in [7, 11) is 1.66. The van der Waals surface area contributed by atoms with Crippen LogP contribution in [-0.4, -0.2) is 42.1 Å². The smallest absolute Gasteiger partial charge is 0.274 e. The Morgan fingerprint density at radius 1 is 1.21 bits per heavy atom. The highest BCUT2D eigenvalue weighted by atomic mass is 32.1. The van der Waals surface area contributed by atoms with E-state index in [9.17, 15) is 4.79 Å². The Morgan fingerprint density at radius 2 is 2.00 bits per heavy atom. The number of ether oxygens (including phenoxy) is 2. The van der Waals surface area contributed by atoms with Crippen LogP contribution in [0.2, 0.25) is 0 Å². The molecule has 0 bridgehead atoms. The second-order valence-corrected chi connectivity index (χ2v) is 8.12. The molecule has 28 heavy (non-hydrogen) atoms. The van der Waals surface area contributed by atoms with Crippen molar-refractivity contribution in [2.75, 3.05) is 20.2 Å². The lowest BCUT2D eigenvalue weighted by Gasteiger charge is -2.31. The van der Waals surface area contributed by atoms with Crippen LogP contribution >= 0.6 is 11.3 Å². The third-order valence-corrected chi connectivity index (χ3v) is 6.08. The number of amides is 1. The van der Waals surface area contributed by atoms with Crippen LogP contribution in [0.3, 0.4) is 0 Å². The fraction of sp³-hybridized carbons (Fsp3) is 0.364. The largest absolute Gasteiger partial charge is 0.496 e. The first-order valence-electron chi connectivity index (χ1n) is 9.56. The summed E-state index contributed by atoms with van der Waals surface area (Å²) in [6, 6.07) is 14.0. The van der Waals surface area contributed by atoms with Gasteiger partial charge in [0.2, 0.25) is 5.91 Å². The van der Waals surface area contributed by atoms with E-state index >= 15 is 0 Å². The maximum absolute atomic E-state index is 12.7. The first-order chi connectivity index (χ1) is 13.6. The number of aromatic nitrogens is 1. The highest BCUT2D eigenvalue weighted by Gasteiger charge is 2.25. The monoisotopic (exact) mass is 396 g/mol. The van der Waals surface area contributed by atoms with Gasteiger partial charge in [-0.05, 0) is 36.2 Å². The van der Waals surface area contributed by atoms with E-state index in [0.717, 1.165) is 58.2 Å². The molecule has 0 radical (unpaired) electrons. The van der Waals surface area contributed by atoms with E-state index in [1.165, 1.54) is 0 Å². The molecule has 146 valence electrons. The average Bonchev–Trinajstić information content (AvgIpc) is 3.11. The van der Waals surface area contributed by atoms with Crippen LogP contribution in [0.1, 0.15) is 24.0 Å². The van der Waals surface area contributed by atoms with E-state index in [4.69, 9.17) is 9.47 Å². The summed E-state index contributed by atoms with van der Waals surface area (Å²) in [6.07, 6.45) is 2.22. The number of methoxy groups -OCH3 is 1. The van der Waals surface area contributed by atoms with Crippen LogP contribution in [0.4, 0.5) is 0 Å². The van der Waals surface area contributed by atoms with Gasteiger partial charge in [-0.2, -0.15) is 0 Å². The zero-order valence-electron chi connectivity index (χ0n) is 16.2. The van der Waals surface area contributed by atoms with Gasteiger partial charge >= 0.3 is 0 Å². The van der Waals surface area contributed by atoms with E-state index in [1.54, 1.807) is 18.4 Å². The van der Waals surface area contributed by atoms with Crippen molar-refractivity contribution in [1.82, 2.24) is 9.88 Å². The minimum Gasteiger partial charge on any atom is -0.496 e. The van der Waals surface area contributed by atoms with E-state index in [2.05, 4.69) is 11.1 Å². The second kappa shape index (κ2) is 8.19. The lowest BCUT2D eigenvalue weighted by molar-refractivity contribution is -0.132. The summed E-state index contributed by atoms with van der Waals surface area (Å²) in [6.45, 7) is 3.45. The maximum atomic E-state index is 12.7. The molecule has 0 unspecified atom stereocenters. The number of hydrogen-bond donors (Lipinski definition) is 0. The molecule has 5 nitrogen and oxygen atoms in total. The summed E-state index contributed by atoms with van der Waals surface area (Å²) >= 11 is 1.58. The summed E-state index contributed by atoms with van der Waals surface area (Å²) in [4.78, 5) is 19.1. The first-order valence-corrected chi connectivity index (χ1v) is 10.4. The molecule has 0 atom stereocenters. The standard InChI is InChI=1S/C22H24N2O3S/c1-15-13-16(7-8-19(15)26-2)14-21(25)24-11-9-17(10-12-24)27-22-23-18-5-3-4-6-20(18)28-22/h3-8,13,17H,9-12,14H2,1-2H3. The zero-order valence-corrected chi connectivity index (χ0v) is 17.0. The predicted molar refractivity (Wildman–Crippen MR) is 111 cm³/mol. The van der Waals surface area contributed by atoms with Crippen LogP contribution < -0.4 is 9.47 Å². The van der Waals surface area contributed by atoms with Gasteiger partial charge in [-0.1, -0.05) is 35.6 Å². The fourth-order valence-corrected chi connectivity index (χ4v) is 4.49. The first kappa shape index (κ1) is 18.7. The molecule has 0 N–H and O–H groups in total. The Bertz CT molecular complexity index is 944. The van der Waals surface area contributed by atoms with Crippen molar-refractivity contribution in [3.63, 3.8) is 0 Å².